The molecule has 0 saturated carbocycles. The number of carbonyl (C=O) groups excluding carboxylic acids is 1. The zero-order valence-electron chi connectivity index (χ0n) is 17.2. The van der Waals surface area contributed by atoms with Crippen molar-refractivity contribution in [3.63, 3.8) is 0 Å². The molecule has 0 bridgehead atoms. The van der Waals surface area contributed by atoms with Crippen LogP contribution < -0.4 is 5.32 Å². The number of unbranched alkanes of at least 4 members (excludes halogenated alkanes) is 10. The van der Waals surface area contributed by atoms with Crippen molar-refractivity contribution in [2.24, 2.45) is 0 Å². The van der Waals surface area contributed by atoms with Crippen molar-refractivity contribution in [3.05, 3.63) is 0 Å². The van der Waals surface area contributed by atoms with Gasteiger partial charge in [-0.3, -0.25) is 4.79 Å². The van der Waals surface area contributed by atoms with Crippen molar-refractivity contribution in [2.75, 3.05) is 33.7 Å². The quantitative estimate of drug-likeness (QED) is 0.283. The summed E-state index contributed by atoms with van der Waals surface area (Å²) in [6, 6.07) is 0. The van der Waals surface area contributed by atoms with E-state index in [-0.39, 0.29) is 5.91 Å². The van der Waals surface area contributed by atoms with E-state index in [1.165, 1.54) is 64.2 Å². The van der Waals surface area contributed by atoms with Gasteiger partial charge in [0, 0.05) is 19.4 Å². The highest BCUT2D eigenvalue weighted by molar-refractivity contribution is 5.75. The normalized spacial score (nSPS) is 11.7. The third-order valence-electron chi connectivity index (χ3n) is 5.13. The Morgan fingerprint density at radius 2 is 1.25 bits per heavy atom. The fraction of sp³-hybridized carbons (Fsp3) is 0.952. The smallest absolute Gasteiger partial charge is 0.219 e. The molecule has 0 aromatic heterocycles. The van der Waals surface area contributed by atoms with E-state index in [0.29, 0.717) is 6.42 Å². The molecule has 0 aromatic carbocycles. The number of amides is 1. The maximum Gasteiger partial charge on any atom is 0.219 e. The Hall–Kier alpha value is -0.570. The van der Waals surface area contributed by atoms with Gasteiger partial charge in [-0.15, -0.1) is 0 Å². The van der Waals surface area contributed by atoms with Crippen LogP contribution in [-0.4, -0.2) is 44.1 Å². The lowest BCUT2D eigenvalue weighted by molar-refractivity contribution is -0.888. The molecule has 0 atom stereocenters. The van der Waals surface area contributed by atoms with E-state index in [1.54, 1.807) is 0 Å². The molecular formula is C21H45N2O+. The molecule has 0 saturated heterocycles. The summed E-state index contributed by atoms with van der Waals surface area (Å²) >= 11 is 0. The predicted molar refractivity (Wildman–Crippen MR) is 106 cm³/mol. The Morgan fingerprint density at radius 3 is 1.75 bits per heavy atom. The number of rotatable bonds is 17. The van der Waals surface area contributed by atoms with Gasteiger partial charge in [-0.25, -0.2) is 0 Å². The fourth-order valence-corrected chi connectivity index (χ4v) is 2.93. The molecule has 3 nitrogen and oxygen atoms in total. The van der Waals surface area contributed by atoms with Crippen molar-refractivity contribution in [3.8, 4) is 0 Å². The van der Waals surface area contributed by atoms with Crippen LogP contribution in [0.1, 0.15) is 97.3 Å². The average Bonchev–Trinajstić information content (AvgIpc) is 2.56. The van der Waals surface area contributed by atoms with E-state index < -0.39 is 0 Å². The Morgan fingerprint density at radius 1 is 0.750 bits per heavy atom. The molecule has 0 spiro atoms. The van der Waals surface area contributed by atoms with E-state index in [1.807, 2.05) is 0 Å². The summed E-state index contributed by atoms with van der Waals surface area (Å²) in [5, 5.41) is 3.07. The summed E-state index contributed by atoms with van der Waals surface area (Å²) in [6.07, 6.45) is 16.5. The van der Waals surface area contributed by atoms with Gasteiger partial charge in [-0.2, -0.15) is 0 Å². The SMILES string of the molecule is CCCCCCCCCCCCCC(=O)NCCC[N+](C)(C)CC. The van der Waals surface area contributed by atoms with Gasteiger partial charge in [0.1, 0.15) is 0 Å². The molecule has 0 heterocycles. The van der Waals surface area contributed by atoms with Gasteiger partial charge >= 0.3 is 0 Å². The lowest BCUT2D eigenvalue weighted by Crippen LogP contribution is -2.41. The molecular weight excluding hydrogens is 296 g/mol. The summed E-state index contributed by atoms with van der Waals surface area (Å²) in [7, 11) is 4.49. The van der Waals surface area contributed by atoms with Gasteiger partial charge in [0.25, 0.3) is 0 Å². The van der Waals surface area contributed by atoms with Crippen LogP contribution in [0.5, 0.6) is 0 Å². The average molecular weight is 342 g/mol. The predicted octanol–water partition coefficient (Wildman–Crippen LogP) is 5.29. The van der Waals surface area contributed by atoms with Crippen molar-refractivity contribution in [2.45, 2.75) is 97.3 Å². The van der Waals surface area contributed by atoms with Crippen molar-refractivity contribution < 1.29 is 9.28 Å². The van der Waals surface area contributed by atoms with Crippen LogP contribution in [-0.2, 0) is 4.79 Å². The first-order valence-corrected chi connectivity index (χ1v) is 10.6. The molecule has 0 radical (unpaired) electrons. The number of quaternary nitrogens is 1. The van der Waals surface area contributed by atoms with E-state index in [2.05, 4.69) is 33.3 Å². The Kier molecular flexibility index (Phi) is 15.6. The Labute approximate surface area is 152 Å². The molecule has 1 N–H and O–H groups in total. The first-order chi connectivity index (χ1) is 11.5. The first-order valence-electron chi connectivity index (χ1n) is 10.6. The highest BCUT2D eigenvalue weighted by Crippen LogP contribution is 2.11. The van der Waals surface area contributed by atoms with E-state index in [0.717, 1.165) is 37.0 Å². The fourth-order valence-electron chi connectivity index (χ4n) is 2.93. The monoisotopic (exact) mass is 341 g/mol. The lowest BCUT2D eigenvalue weighted by Gasteiger charge is -2.28. The second-order valence-corrected chi connectivity index (χ2v) is 7.96. The molecule has 3 heteroatoms. The summed E-state index contributed by atoms with van der Waals surface area (Å²) in [5.41, 5.74) is 0. The molecule has 0 rings (SSSR count). The number of hydrogen-bond acceptors (Lipinski definition) is 1. The molecule has 1 amide bonds. The van der Waals surface area contributed by atoms with Crippen molar-refractivity contribution in [1.29, 1.82) is 0 Å². The second kappa shape index (κ2) is 15.9. The van der Waals surface area contributed by atoms with Gasteiger partial charge in [-0.1, -0.05) is 71.1 Å². The maximum atomic E-state index is 11.8. The second-order valence-electron chi connectivity index (χ2n) is 7.96. The van der Waals surface area contributed by atoms with Gasteiger partial charge in [0.05, 0.1) is 27.2 Å². The highest BCUT2D eigenvalue weighted by atomic mass is 16.1. The minimum atomic E-state index is 0.243. The topological polar surface area (TPSA) is 29.1 Å². The molecule has 0 fully saturated rings. The van der Waals surface area contributed by atoms with Gasteiger partial charge in [-0.05, 0) is 13.3 Å². The van der Waals surface area contributed by atoms with E-state index in [9.17, 15) is 4.79 Å². The van der Waals surface area contributed by atoms with E-state index >= 15 is 0 Å². The lowest BCUT2D eigenvalue weighted by atomic mass is 10.1. The number of nitrogens with one attached hydrogen (secondary N) is 1. The van der Waals surface area contributed by atoms with Crippen molar-refractivity contribution in [1.82, 2.24) is 5.32 Å². The van der Waals surface area contributed by atoms with E-state index in [4.69, 9.17) is 0 Å². The van der Waals surface area contributed by atoms with Gasteiger partial charge in [0.15, 0.2) is 0 Å². The summed E-state index contributed by atoms with van der Waals surface area (Å²) < 4.78 is 1.04. The third kappa shape index (κ3) is 16.3. The summed E-state index contributed by atoms with van der Waals surface area (Å²) in [6.45, 7) is 7.60. The number of nitrogens with zero attached hydrogens (tertiary/aromatic N) is 1. The Bertz CT molecular complexity index is 290. The van der Waals surface area contributed by atoms with Crippen LogP contribution >= 0.6 is 0 Å². The van der Waals surface area contributed by atoms with Crippen molar-refractivity contribution >= 4 is 5.91 Å². The minimum absolute atomic E-state index is 0.243. The Balaban J connectivity index is 3.26. The maximum absolute atomic E-state index is 11.8. The van der Waals surface area contributed by atoms with Crippen LogP contribution in [0, 0.1) is 0 Å². The molecule has 144 valence electrons. The zero-order chi connectivity index (χ0) is 18.1. The molecule has 0 aliphatic rings. The van der Waals surface area contributed by atoms with Crippen LogP contribution in [0.15, 0.2) is 0 Å². The number of carbonyl (C=O) groups is 1. The summed E-state index contributed by atoms with van der Waals surface area (Å²) in [5.74, 6) is 0.243. The molecule has 0 unspecified atom stereocenters. The first kappa shape index (κ1) is 23.4. The highest BCUT2D eigenvalue weighted by Gasteiger charge is 2.10. The molecule has 0 aromatic rings. The third-order valence-corrected chi connectivity index (χ3v) is 5.13. The van der Waals surface area contributed by atoms with Gasteiger partial charge in [0.2, 0.25) is 5.91 Å². The molecule has 0 aliphatic heterocycles. The standard InChI is InChI=1S/C21H44N2O/c1-5-7-8-9-10-11-12-13-14-15-16-18-21(24)22-19-17-20-23(3,4)6-2/h5-20H2,1-4H3/p+1. The summed E-state index contributed by atoms with van der Waals surface area (Å²) in [4.78, 5) is 11.8. The number of hydrogen-bond donors (Lipinski definition) is 1. The zero-order valence-corrected chi connectivity index (χ0v) is 17.2. The van der Waals surface area contributed by atoms with Crippen LogP contribution in [0.25, 0.3) is 0 Å². The molecule has 24 heavy (non-hydrogen) atoms. The largest absolute Gasteiger partial charge is 0.356 e. The van der Waals surface area contributed by atoms with Crippen LogP contribution in [0.3, 0.4) is 0 Å². The minimum Gasteiger partial charge on any atom is -0.356 e. The molecule has 0 aliphatic carbocycles. The van der Waals surface area contributed by atoms with Crippen LogP contribution in [0.2, 0.25) is 0 Å². The van der Waals surface area contributed by atoms with Crippen LogP contribution in [0.4, 0.5) is 0 Å². The van der Waals surface area contributed by atoms with Gasteiger partial charge < -0.3 is 9.80 Å².